The van der Waals surface area contributed by atoms with Crippen molar-refractivity contribution in [1.29, 1.82) is 0 Å². The van der Waals surface area contributed by atoms with Gasteiger partial charge in [0.2, 0.25) is 0 Å². The fourth-order valence-electron chi connectivity index (χ4n) is 0.732. The van der Waals surface area contributed by atoms with Crippen LogP contribution in [0.15, 0.2) is 24.3 Å². The van der Waals surface area contributed by atoms with Gasteiger partial charge in [-0.05, 0) is 0 Å². The van der Waals surface area contributed by atoms with Gasteiger partial charge in [-0.2, -0.15) is 0 Å². The van der Waals surface area contributed by atoms with Crippen molar-refractivity contribution in [2.75, 3.05) is 0 Å². The molecule has 0 heterocycles. The number of hydrogen-bond acceptors (Lipinski definition) is 2. The number of benzene rings is 1. The summed E-state index contributed by atoms with van der Waals surface area (Å²) in [6, 6.07) is 6.78. The molecule has 0 aliphatic carbocycles. The van der Waals surface area contributed by atoms with E-state index in [1.807, 2.05) is 0 Å². The summed E-state index contributed by atoms with van der Waals surface area (Å²) in [5.41, 5.74) is 1.47. The van der Waals surface area contributed by atoms with Crippen molar-refractivity contribution < 1.29 is 69.3 Å². The van der Waals surface area contributed by atoms with Gasteiger partial charge in [-0.1, -0.05) is 35.4 Å². The van der Waals surface area contributed by atoms with Crippen molar-refractivity contribution in [2.24, 2.45) is 0 Å². The molecule has 0 aromatic heterocycles. The van der Waals surface area contributed by atoms with E-state index in [0.717, 1.165) is 11.1 Å². The van der Waals surface area contributed by atoms with E-state index in [4.69, 9.17) is 0 Å². The Hall–Kier alpha value is 1.14. The third-order valence-corrected chi connectivity index (χ3v) is 1.36. The Morgan fingerprint density at radius 1 is 0.750 bits per heavy atom. The fraction of sp³-hybridized carbons (Fsp3) is 0.250. The first kappa shape index (κ1) is 15.6. The molecule has 0 bridgehead atoms. The van der Waals surface area contributed by atoms with Crippen LogP contribution in [0.25, 0.3) is 0 Å². The van der Waals surface area contributed by atoms with Crippen LogP contribution in [0.2, 0.25) is 0 Å². The zero-order valence-electron chi connectivity index (χ0n) is 7.54. The summed E-state index contributed by atoms with van der Waals surface area (Å²) in [5, 5.41) is 20.5. The molecule has 54 valence electrons. The molecule has 0 saturated carbocycles. The molecule has 4 heteroatoms. The normalized spacial score (nSPS) is 8.17. The Labute approximate surface area is 117 Å². The Morgan fingerprint density at radius 3 is 1.17 bits per heavy atom. The predicted octanol–water partition coefficient (Wildman–Crippen LogP) is -6.58. The monoisotopic (exact) mass is 182 g/mol. The summed E-state index contributed by atoms with van der Waals surface area (Å²) < 4.78 is 0. The fourth-order valence-corrected chi connectivity index (χ4v) is 0.732. The second kappa shape index (κ2) is 8.73. The van der Waals surface area contributed by atoms with Crippen LogP contribution in [-0.2, 0) is 13.2 Å². The first-order valence-corrected chi connectivity index (χ1v) is 3.11. The van der Waals surface area contributed by atoms with Crippen LogP contribution >= 0.6 is 0 Å². The van der Waals surface area contributed by atoms with E-state index in [1.165, 1.54) is 0 Å². The van der Waals surface area contributed by atoms with Gasteiger partial charge < -0.3 is 10.2 Å². The maximum Gasteiger partial charge on any atom is 1.00 e. The van der Waals surface area contributed by atoms with Crippen LogP contribution in [0.4, 0.5) is 0 Å². The average Bonchev–Trinajstić information content (AvgIpc) is 2.05. The van der Waals surface area contributed by atoms with Crippen LogP contribution in [0.1, 0.15) is 11.1 Å². The summed E-state index contributed by atoms with van der Waals surface area (Å²) in [6.45, 7) is -0.418. The van der Waals surface area contributed by atoms with E-state index in [1.54, 1.807) is 24.3 Å². The van der Waals surface area contributed by atoms with Crippen LogP contribution < -0.4 is 69.3 Å². The molecule has 0 fully saturated rings. The van der Waals surface area contributed by atoms with Crippen molar-refractivity contribution in [1.82, 2.24) is 0 Å². The van der Waals surface area contributed by atoms with Gasteiger partial charge in [-0.25, -0.2) is 0 Å². The molecule has 1 rings (SSSR count). The van der Waals surface area contributed by atoms with Crippen LogP contribution in [0, 0.1) is 0 Å². The van der Waals surface area contributed by atoms with E-state index < -0.39 is 0 Å². The van der Waals surface area contributed by atoms with Gasteiger partial charge in [0.05, 0.1) is 0 Å². The van der Waals surface area contributed by atoms with Gasteiger partial charge in [0.1, 0.15) is 0 Å². The maximum atomic E-state index is 10.3. The smallest absolute Gasteiger partial charge is 0.851 e. The molecule has 2 nitrogen and oxygen atoms in total. The summed E-state index contributed by atoms with van der Waals surface area (Å²) in [7, 11) is 0. The standard InChI is InChI=1S/C8H8O2.2Na/c9-5-7-1-2-8(6-10)4-3-7;;/h1-4H,5-6H2;;/q-2;2*+1. The topological polar surface area (TPSA) is 46.1 Å². The minimum Gasteiger partial charge on any atom is -0.851 e. The van der Waals surface area contributed by atoms with Gasteiger partial charge in [-0.15, -0.1) is 13.2 Å². The molecule has 0 unspecified atom stereocenters. The average molecular weight is 182 g/mol. The Balaban J connectivity index is 0. The molecule has 1 aromatic rings. The van der Waals surface area contributed by atoms with Crippen molar-refractivity contribution in [2.45, 2.75) is 13.2 Å². The zero-order chi connectivity index (χ0) is 7.40. The Morgan fingerprint density at radius 2 is 1.00 bits per heavy atom. The van der Waals surface area contributed by atoms with E-state index in [9.17, 15) is 10.2 Å². The molecule has 0 saturated heterocycles. The van der Waals surface area contributed by atoms with E-state index >= 15 is 0 Å². The molecule has 0 N–H and O–H groups in total. The Bertz CT molecular complexity index is 176. The summed E-state index contributed by atoms with van der Waals surface area (Å²) in [5.74, 6) is 0. The summed E-state index contributed by atoms with van der Waals surface area (Å²) in [6.07, 6.45) is 0. The maximum absolute atomic E-state index is 10.3. The van der Waals surface area contributed by atoms with Crippen molar-refractivity contribution >= 4 is 0 Å². The summed E-state index contributed by atoms with van der Waals surface area (Å²) in [4.78, 5) is 0. The SMILES string of the molecule is [Na+].[Na+].[O-]Cc1ccc(C[O-])cc1. The van der Waals surface area contributed by atoms with E-state index in [0.29, 0.717) is 0 Å². The largest absolute Gasteiger partial charge is 1.00 e. The van der Waals surface area contributed by atoms with E-state index in [-0.39, 0.29) is 72.3 Å². The van der Waals surface area contributed by atoms with Crippen LogP contribution in [-0.4, -0.2) is 0 Å². The second-order valence-corrected chi connectivity index (χ2v) is 2.11. The van der Waals surface area contributed by atoms with Gasteiger partial charge in [0.25, 0.3) is 0 Å². The minimum absolute atomic E-state index is 0. The van der Waals surface area contributed by atoms with Crippen LogP contribution in [0.3, 0.4) is 0 Å². The molecular weight excluding hydrogens is 174 g/mol. The predicted molar refractivity (Wildman–Crippen MR) is 33.8 cm³/mol. The van der Waals surface area contributed by atoms with Gasteiger partial charge in [-0.3, -0.25) is 0 Å². The van der Waals surface area contributed by atoms with Crippen LogP contribution in [0.5, 0.6) is 0 Å². The molecule has 0 atom stereocenters. The summed E-state index contributed by atoms with van der Waals surface area (Å²) >= 11 is 0. The molecule has 1 aromatic carbocycles. The van der Waals surface area contributed by atoms with Crippen molar-refractivity contribution in [3.63, 3.8) is 0 Å². The van der Waals surface area contributed by atoms with Gasteiger partial charge in [0.15, 0.2) is 0 Å². The van der Waals surface area contributed by atoms with E-state index in [2.05, 4.69) is 0 Å². The van der Waals surface area contributed by atoms with Crippen molar-refractivity contribution in [3.8, 4) is 0 Å². The number of hydrogen-bond donors (Lipinski definition) is 0. The zero-order valence-corrected chi connectivity index (χ0v) is 11.5. The molecule has 0 spiro atoms. The quantitative estimate of drug-likeness (QED) is 0.427. The molecule has 0 aliphatic rings. The van der Waals surface area contributed by atoms with Gasteiger partial charge >= 0.3 is 59.1 Å². The third-order valence-electron chi connectivity index (χ3n) is 1.36. The first-order chi connectivity index (χ1) is 4.86. The molecule has 0 radical (unpaired) electrons. The molecule has 0 aliphatic heterocycles. The van der Waals surface area contributed by atoms with Gasteiger partial charge in [0, 0.05) is 0 Å². The first-order valence-electron chi connectivity index (χ1n) is 3.11. The molecule has 12 heavy (non-hydrogen) atoms. The van der Waals surface area contributed by atoms with Crippen molar-refractivity contribution in [3.05, 3.63) is 35.4 Å². The molecular formula is C8H8Na2O2. The number of rotatable bonds is 2. The minimum atomic E-state index is -0.209. The third kappa shape index (κ3) is 5.00. The second-order valence-electron chi connectivity index (χ2n) is 2.11. The Kier molecular flexibility index (Phi) is 11.3. The molecule has 0 amide bonds.